The van der Waals surface area contributed by atoms with Crippen LogP contribution in [0.5, 0.6) is 0 Å². The first kappa shape index (κ1) is 12.3. The third-order valence-corrected chi connectivity index (χ3v) is 3.22. The quantitative estimate of drug-likeness (QED) is 0.890. The summed E-state index contributed by atoms with van der Waals surface area (Å²) >= 11 is 1.35. The van der Waals surface area contributed by atoms with Gasteiger partial charge in [0.2, 0.25) is 0 Å². The van der Waals surface area contributed by atoms with Crippen LogP contribution in [0.1, 0.15) is 25.0 Å². The highest BCUT2D eigenvalue weighted by Gasteiger charge is 2.15. The van der Waals surface area contributed by atoms with Crippen LogP contribution in [0.4, 0.5) is 5.69 Å². The summed E-state index contributed by atoms with van der Waals surface area (Å²) in [6.07, 6.45) is 1.37. The molecule has 0 aliphatic heterocycles. The monoisotopic (exact) mass is 262 g/mol. The van der Waals surface area contributed by atoms with Crippen molar-refractivity contribution in [2.75, 3.05) is 5.32 Å². The van der Waals surface area contributed by atoms with E-state index in [1.165, 1.54) is 23.6 Å². The Bertz CT molecular complexity index is 607. The number of carboxylic acids is 1. The lowest BCUT2D eigenvalue weighted by atomic mass is 10.3. The number of hydrogen-bond donors (Lipinski definition) is 2. The lowest BCUT2D eigenvalue weighted by Gasteiger charge is -2.05. The van der Waals surface area contributed by atoms with Gasteiger partial charge < -0.3 is 10.4 Å². The minimum Gasteiger partial charge on any atom is -0.476 e. The van der Waals surface area contributed by atoms with Gasteiger partial charge in [-0.1, -0.05) is 0 Å². The number of carbonyl (C=O) groups excluding carboxylic acids is 1. The molecule has 0 unspecified atom stereocenters. The summed E-state index contributed by atoms with van der Waals surface area (Å²) < 4.78 is 0. The fourth-order valence-electron chi connectivity index (χ4n) is 1.42. The number of carboxylic acid groups (broad SMARTS) is 1. The van der Waals surface area contributed by atoms with Gasteiger partial charge in [-0.3, -0.25) is 4.79 Å². The van der Waals surface area contributed by atoms with Crippen LogP contribution >= 0.6 is 11.3 Å². The zero-order valence-electron chi connectivity index (χ0n) is 9.51. The van der Waals surface area contributed by atoms with E-state index in [1.807, 2.05) is 13.0 Å². The highest BCUT2D eigenvalue weighted by molar-refractivity contribution is 7.14. The van der Waals surface area contributed by atoms with Crippen molar-refractivity contribution in [3.63, 3.8) is 0 Å². The van der Waals surface area contributed by atoms with Gasteiger partial charge in [-0.15, -0.1) is 11.3 Å². The van der Waals surface area contributed by atoms with Crippen molar-refractivity contribution in [2.45, 2.75) is 6.92 Å². The maximum absolute atomic E-state index is 11.9. The fourth-order valence-corrected chi connectivity index (χ4v) is 2.18. The Balaban J connectivity index is 2.24. The Morgan fingerprint density at radius 2 is 2.11 bits per heavy atom. The molecule has 0 radical (unpaired) electrons. The van der Waals surface area contributed by atoms with Crippen molar-refractivity contribution >= 4 is 28.9 Å². The minimum absolute atomic E-state index is 0.167. The number of amides is 1. The fraction of sp³-hybridized carbons (Fsp3) is 0.0833. The van der Waals surface area contributed by atoms with E-state index in [-0.39, 0.29) is 17.3 Å². The van der Waals surface area contributed by atoms with Crippen LogP contribution in [0.2, 0.25) is 0 Å². The number of carbonyl (C=O) groups is 2. The number of anilines is 1. The first-order valence-electron chi connectivity index (χ1n) is 5.14. The van der Waals surface area contributed by atoms with E-state index in [1.54, 1.807) is 12.1 Å². The topological polar surface area (TPSA) is 79.3 Å². The molecular formula is C12H10N2O3S. The molecule has 92 valence electrons. The average Bonchev–Trinajstić information content (AvgIpc) is 2.76. The van der Waals surface area contributed by atoms with Crippen molar-refractivity contribution in [3.8, 4) is 0 Å². The van der Waals surface area contributed by atoms with Crippen molar-refractivity contribution < 1.29 is 14.7 Å². The predicted molar refractivity (Wildman–Crippen MR) is 68.2 cm³/mol. The molecule has 0 aliphatic rings. The minimum atomic E-state index is -1.17. The molecule has 0 saturated heterocycles. The largest absolute Gasteiger partial charge is 0.476 e. The van der Waals surface area contributed by atoms with E-state index in [2.05, 4.69) is 10.3 Å². The second-order valence-electron chi connectivity index (χ2n) is 3.57. The van der Waals surface area contributed by atoms with E-state index >= 15 is 0 Å². The molecule has 0 saturated carbocycles. The van der Waals surface area contributed by atoms with Crippen LogP contribution in [-0.2, 0) is 0 Å². The lowest BCUT2D eigenvalue weighted by molar-refractivity contribution is 0.0692. The molecule has 0 bridgehead atoms. The molecule has 2 heterocycles. The molecule has 2 aromatic rings. The van der Waals surface area contributed by atoms with Gasteiger partial charge in [0, 0.05) is 11.1 Å². The first-order valence-corrected chi connectivity index (χ1v) is 5.95. The summed E-state index contributed by atoms with van der Waals surface area (Å²) in [5.41, 5.74) is 0.0279. The lowest BCUT2D eigenvalue weighted by Crippen LogP contribution is -2.14. The molecule has 0 atom stereocenters. The van der Waals surface area contributed by atoms with Crippen LogP contribution in [0.3, 0.4) is 0 Å². The van der Waals surface area contributed by atoms with Gasteiger partial charge in [0.25, 0.3) is 5.91 Å². The van der Waals surface area contributed by atoms with Crippen LogP contribution in [0.15, 0.2) is 30.5 Å². The van der Waals surface area contributed by atoms with Gasteiger partial charge in [-0.2, -0.15) is 0 Å². The molecule has 1 amide bonds. The summed E-state index contributed by atoms with van der Waals surface area (Å²) in [5, 5.41) is 11.5. The van der Waals surface area contributed by atoms with Crippen LogP contribution in [0, 0.1) is 6.92 Å². The maximum Gasteiger partial charge on any atom is 0.356 e. The maximum atomic E-state index is 11.9. The van der Waals surface area contributed by atoms with Gasteiger partial charge in [-0.05, 0) is 31.2 Å². The molecular weight excluding hydrogens is 252 g/mol. The summed E-state index contributed by atoms with van der Waals surface area (Å²) in [6, 6.07) is 6.61. The smallest absolute Gasteiger partial charge is 0.356 e. The number of aromatic carboxylic acids is 1. The molecule has 6 heteroatoms. The SMILES string of the molecule is Cc1ccc(C(=O)Nc2cccnc2C(=O)O)s1. The Morgan fingerprint density at radius 1 is 1.33 bits per heavy atom. The molecule has 2 aromatic heterocycles. The van der Waals surface area contributed by atoms with Gasteiger partial charge >= 0.3 is 5.97 Å². The summed E-state index contributed by atoms with van der Waals surface area (Å²) in [7, 11) is 0. The number of hydrogen-bond acceptors (Lipinski definition) is 4. The summed E-state index contributed by atoms with van der Waals surface area (Å²) in [6.45, 7) is 1.90. The number of aromatic nitrogens is 1. The normalized spacial score (nSPS) is 10.1. The molecule has 2 rings (SSSR count). The second kappa shape index (κ2) is 4.97. The predicted octanol–water partition coefficient (Wildman–Crippen LogP) is 2.40. The Kier molecular flexibility index (Phi) is 3.38. The number of pyridine rings is 1. The zero-order valence-corrected chi connectivity index (χ0v) is 10.3. The standard InChI is InChI=1S/C12H10N2O3S/c1-7-4-5-9(18-7)11(15)14-8-3-2-6-13-10(8)12(16)17/h2-6H,1H3,(H,14,15)(H,16,17). The first-order chi connectivity index (χ1) is 8.58. The van der Waals surface area contributed by atoms with Crippen molar-refractivity contribution in [3.05, 3.63) is 45.9 Å². The molecule has 0 fully saturated rings. The molecule has 18 heavy (non-hydrogen) atoms. The van der Waals surface area contributed by atoms with Crippen molar-refractivity contribution in [2.24, 2.45) is 0 Å². The zero-order chi connectivity index (χ0) is 13.1. The number of aryl methyl sites for hydroxylation is 1. The number of nitrogens with zero attached hydrogens (tertiary/aromatic N) is 1. The van der Waals surface area contributed by atoms with E-state index in [0.717, 1.165) is 4.88 Å². The summed E-state index contributed by atoms with van der Waals surface area (Å²) in [4.78, 5) is 28.1. The molecule has 0 spiro atoms. The van der Waals surface area contributed by atoms with Gasteiger partial charge in [0.1, 0.15) is 0 Å². The Labute approximate surface area is 107 Å². The number of rotatable bonds is 3. The molecule has 5 nitrogen and oxygen atoms in total. The highest BCUT2D eigenvalue weighted by atomic mass is 32.1. The molecule has 2 N–H and O–H groups in total. The number of nitrogens with one attached hydrogen (secondary N) is 1. The summed E-state index contributed by atoms with van der Waals surface area (Å²) in [5.74, 6) is -1.50. The van der Waals surface area contributed by atoms with E-state index in [9.17, 15) is 9.59 Å². The van der Waals surface area contributed by atoms with E-state index in [0.29, 0.717) is 4.88 Å². The Hall–Kier alpha value is -2.21. The molecule has 0 aromatic carbocycles. The third kappa shape index (κ3) is 2.54. The van der Waals surface area contributed by atoms with Gasteiger partial charge in [0.15, 0.2) is 5.69 Å². The van der Waals surface area contributed by atoms with Gasteiger partial charge in [0.05, 0.1) is 10.6 Å². The van der Waals surface area contributed by atoms with Crippen molar-refractivity contribution in [1.82, 2.24) is 4.98 Å². The second-order valence-corrected chi connectivity index (χ2v) is 4.86. The average molecular weight is 262 g/mol. The van der Waals surface area contributed by atoms with Crippen molar-refractivity contribution in [1.29, 1.82) is 0 Å². The third-order valence-electron chi connectivity index (χ3n) is 2.22. The highest BCUT2D eigenvalue weighted by Crippen LogP contribution is 2.18. The van der Waals surface area contributed by atoms with Crippen LogP contribution in [0.25, 0.3) is 0 Å². The van der Waals surface area contributed by atoms with Crippen LogP contribution in [-0.4, -0.2) is 22.0 Å². The molecule has 0 aliphatic carbocycles. The number of thiophene rings is 1. The van der Waals surface area contributed by atoms with E-state index < -0.39 is 5.97 Å². The Morgan fingerprint density at radius 3 is 2.72 bits per heavy atom. The van der Waals surface area contributed by atoms with E-state index in [4.69, 9.17) is 5.11 Å². The van der Waals surface area contributed by atoms with Gasteiger partial charge in [-0.25, -0.2) is 9.78 Å². The van der Waals surface area contributed by atoms with Crippen LogP contribution < -0.4 is 5.32 Å².